The molecular formula is C15H15ClN2O2. The Kier molecular flexibility index (Phi) is 4.71. The van der Waals surface area contributed by atoms with Crippen LogP contribution in [0.1, 0.15) is 27.7 Å². The highest BCUT2D eigenvalue weighted by Crippen LogP contribution is 2.16. The Morgan fingerprint density at radius 3 is 2.85 bits per heavy atom. The van der Waals surface area contributed by atoms with Crippen LogP contribution in [0.4, 0.5) is 0 Å². The van der Waals surface area contributed by atoms with Gasteiger partial charge in [-0.3, -0.25) is 9.78 Å². The van der Waals surface area contributed by atoms with Crippen molar-refractivity contribution in [2.45, 2.75) is 13.0 Å². The van der Waals surface area contributed by atoms with Crippen molar-refractivity contribution >= 4 is 17.5 Å². The van der Waals surface area contributed by atoms with E-state index in [1.807, 2.05) is 31.2 Å². The third-order valence-electron chi connectivity index (χ3n) is 2.96. The molecule has 0 spiro atoms. The summed E-state index contributed by atoms with van der Waals surface area (Å²) < 4.78 is 0. The Hall–Kier alpha value is -1.91. The van der Waals surface area contributed by atoms with Gasteiger partial charge in [-0.05, 0) is 30.2 Å². The summed E-state index contributed by atoms with van der Waals surface area (Å²) in [6.45, 7) is 2.04. The molecule has 1 heterocycles. The predicted octanol–water partition coefficient (Wildman–Crippen LogP) is 2.51. The van der Waals surface area contributed by atoms with Crippen LogP contribution in [0.2, 0.25) is 5.02 Å². The zero-order chi connectivity index (χ0) is 14.5. The normalized spacial score (nSPS) is 11.9. The van der Waals surface area contributed by atoms with Crippen molar-refractivity contribution < 1.29 is 9.90 Å². The van der Waals surface area contributed by atoms with E-state index in [-0.39, 0.29) is 18.1 Å². The number of carbonyl (C=O) groups excluding carboxylic acids is 1. The van der Waals surface area contributed by atoms with Crippen LogP contribution >= 0.6 is 11.6 Å². The number of hydrogen-bond acceptors (Lipinski definition) is 3. The van der Waals surface area contributed by atoms with Crippen molar-refractivity contribution in [3.63, 3.8) is 0 Å². The average molecular weight is 291 g/mol. The number of halogens is 1. The van der Waals surface area contributed by atoms with Crippen LogP contribution in [0, 0.1) is 6.92 Å². The number of nitrogens with zero attached hydrogens (tertiary/aromatic N) is 1. The lowest BCUT2D eigenvalue weighted by molar-refractivity contribution is 0.0911. The number of aromatic nitrogens is 1. The van der Waals surface area contributed by atoms with Crippen LogP contribution in [0.25, 0.3) is 0 Å². The molecule has 2 aromatic rings. The molecule has 0 saturated heterocycles. The van der Waals surface area contributed by atoms with Gasteiger partial charge in [0.15, 0.2) is 0 Å². The molecule has 0 saturated carbocycles. The lowest BCUT2D eigenvalue weighted by atomic mass is 10.0. The lowest BCUT2D eigenvalue weighted by Gasteiger charge is -2.14. The van der Waals surface area contributed by atoms with E-state index < -0.39 is 6.10 Å². The van der Waals surface area contributed by atoms with E-state index in [9.17, 15) is 9.90 Å². The number of nitrogens with one attached hydrogen (secondary N) is 1. The minimum atomic E-state index is -0.751. The maximum Gasteiger partial charge on any atom is 0.270 e. The molecule has 0 aliphatic carbocycles. The molecule has 1 aromatic carbocycles. The summed E-state index contributed by atoms with van der Waals surface area (Å²) in [5.74, 6) is -0.361. The smallest absolute Gasteiger partial charge is 0.270 e. The summed E-state index contributed by atoms with van der Waals surface area (Å²) in [6, 6.07) is 10.6. The molecule has 0 aliphatic rings. The zero-order valence-corrected chi connectivity index (χ0v) is 11.8. The fraction of sp³-hybridized carbons (Fsp3) is 0.200. The first-order valence-corrected chi connectivity index (χ1v) is 6.59. The van der Waals surface area contributed by atoms with Gasteiger partial charge >= 0.3 is 0 Å². The van der Waals surface area contributed by atoms with Crippen LogP contribution in [-0.4, -0.2) is 22.5 Å². The topological polar surface area (TPSA) is 62.2 Å². The van der Waals surface area contributed by atoms with Gasteiger partial charge in [0.25, 0.3) is 5.91 Å². The summed E-state index contributed by atoms with van der Waals surface area (Å²) in [5.41, 5.74) is 2.01. The van der Waals surface area contributed by atoms with Crippen molar-refractivity contribution in [1.82, 2.24) is 10.3 Å². The van der Waals surface area contributed by atoms with E-state index in [0.29, 0.717) is 5.02 Å². The lowest BCUT2D eigenvalue weighted by Crippen LogP contribution is -2.29. The second-order valence-corrected chi connectivity index (χ2v) is 4.88. The van der Waals surface area contributed by atoms with Gasteiger partial charge in [0.2, 0.25) is 0 Å². The monoisotopic (exact) mass is 290 g/mol. The second kappa shape index (κ2) is 6.50. The van der Waals surface area contributed by atoms with Crippen LogP contribution in [0.3, 0.4) is 0 Å². The molecule has 0 bridgehead atoms. The molecule has 2 N–H and O–H groups in total. The number of hydrogen-bond donors (Lipinski definition) is 2. The highest BCUT2D eigenvalue weighted by molar-refractivity contribution is 6.30. The van der Waals surface area contributed by atoms with Crippen molar-refractivity contribution in [2.75, 3.05) is 6.54 Å². The molecule has 20 heavy (non-hydrogen) atoms. The second-order valence-electron chi connectivity index (χ2n) is 4.44. The molecular weight excluding hydrogens is 276 g/mol. The highest BCUT2D eigenvalue weighted by atomic mass is 35.5. The SMILES string of the molecule is Cc1ccccc1C(O)CNC(=O)c1cc(Cl)ccn1. The van der Waals surface area contributed by atoms with Crippen molar-refractivity contribution in [1.29, 1.82) is 0 Å². The molecule has 1 amide bonds. The Bertz CT molecular complexity index is 616. The first kappa shape index (κ1) is 14.5. The van der Waals surface area contributed by atoms with Crippen LogP contribution in [-0.2, 0) is 0 Å². The number of amides is 1. The molecule has 0 radical (unpaired) electrons. The van der Waals surface area contributed by atoms with Crippen molar-refractivity contribution in [3.8, 4) is 0 Å². The average Bonchev–Trinajstić information content (AvgIpc) is 2.45. The molecule has 1 unspecified atom stereocenters. The minimum absolute atomic E-state index is 0.123. The van der Waals surface area contributed by atoms with E-state index in [1.54, 1.807) is 6.07 Å². The maximum atomic E-state index is 11.9. The molecule has 1 atom stereocenters. The first-order chi connectivity index (χ1) is 9.58. The molecule has 2 rings (SSSR count). The number of aliphatic hydroxyl groups excluding tert-OH is 1. The van der Waals surface area contributed by atoms with E-state index >= 15 is 0 Å². The molecule has 0 aliphatic heterocycles. The number of pyridine rings is 1. The van der Waals surface area contributed by atoms with Gasteiger partial charge in [0.1, 0.15) is 5.69 Å². The Labute approximate surface area is 122 Å². The number of benzene rings is 1. The number of aryl methyl sites for hydroxylation is 1. The Balaban J connectivity index is 1.99. The summed E-state index contributed by atoms with van der Waals surface area (Å²) >= 11 is 5.80. The van der Waals surface area contributed by atoms with Crippen molar-refractivity contribution in [3.05, 3.63) is 64.4 Å². The summed E-state index contributed by atoms with van der Waals surface area (Å²) in [7, 11) is 0. The fourth-order valence-electron chi connectivity index (χ4n) is 1.88. The van der Waals surface area contributed by atoms with E-state index in [2.05, 4.69) is 10.3 Å². The third kappa shape index (κ3) is 3.56. The van der Waals surface area contributed by atoms with Gasteiger partial charge in [0.05, 0.1) is 6.10 Å². The summed E-state index contributed by atoms with van der Waals surface area (Å²) in [6.07, 6.45) is 0.717. The van der Waals surface area contributed by atoms with Gasteiger partial charge in [-0.25, -0.2) is 0 Å². The molecule has 5 heteroatoms. The summed E-state index contributed by atoms with van der Waals surface area (Å²) in [4.78, 5) is 15.8. The van der Waals surface area contributed by atoms with Gasteiger partial charge < -0.3 is 10.4 Å². The zero-order valence-electron chi connectivity index (χ0n) is 11.0. The molecule has 0 fully saturated rings. The van der Waals surface area contributed by atoms with E-state index in [4.69, 9.17) is 11.6 Å². The Morgan fingerprint density at radius 2 is 2.15 bits per heavy atom. The van der Waals surface area contributed by atoms with Gasteiger partial charge in [0, 0.05) is 17.8 Å². The largest absolute Gasteiger partial charge is 0.387 e. The number of aliphatic hydroxyl groups is 1. The van der Waals surface area contributed by atoms with Gasteiger partial charge in [-0.15, -0.1) is 0 Å². The highest BCUT2D eigenvalue weighted by Gasteiger charge is 2.13. The summed E-state index contributed by atoms with van der Waals surface area (Å²) in [5, 5.41) is 13.2. The quantitative estimate of drug-likeness (QED) is 0.909. The van der Waals surface area contributed by atoms with E-state index in [0.717, 1.165) is 11.1 Å². The number of rotatable bonds is 4. The van der Waals surface area contributed by atoms with Crippen LogP contribution < -0.4 is 5.32 Å². The third-order valence-corrected chi connectivity index (χ3v) is 3.19. The van der Waals surface area contributed by atoms with E-state index in [1.165, 1.54) is 12.3 Å². The predicted molar refractivity (Wildman–Crippen MR) is 77.7 cm³/mol. The van der Waals surface area contributed by atoms with Crippen LogP contribution in [0.15, 0.2) is 42.6 Å². The van der Waals surface area contributed by atoms with Crippen LogP contribution in [0.5, 0.6) is 0 Å². The van der Waals surface area contributed by atoms with Crippen molar-refractivity contribution in [2.24, 2.45) is 0 Å². The molecule has 1 aromatic heterocycles. The standard InChI is InChI=1S/C15H15ClN2O2/c1-10-4-2-3-5-12(10)14(19)9-18-15(20)13-8-11(16)6-7-17-13/h2-8,14,19H,9H2,1H3,(H,18,20). The Morgan fingerprint density at radius 1 is 1.40 bits per heavy atom. The van der Waals surface area contributed by atoms with Gasteiger partial charge in [-0.1, -0.05) is 35.9 Å². The van der Waals surface area contributed by atoms with Gasteiger partial charge in [-0.2, -0.15) is 0 Å². The molecule has 4 nitrogen and oxygen atoms in total. The minimum Gasteiger partial charge on any atom is -0.387 e. The first-order valence-electron chi connectivity index (χ1n) is 6.21. The fourth-order valence-corrected chi connectivity index (χ4v) is 2.04. The maximum absolute atomic E-state index is 11.9. The molecule has 104 valence electrons. The number of carbonyl (C=O) groups is 1.